The molecule has 4 heteroatoms. The monoisotopic (exact) mass is 323 g/mol. The summed E-state index contributed by atoms with van der Waals surface area (Å²) in [6.07, 6.45) is 0.195. The van der Waals surface area contributed by atoms with Gasteiger partial charge in [0.15, 0.2) is 0 Å². The Morgan fingerprint density at radius 2 is 1.67 bits per heavy atom. The van der Waals surface area contributed by atoms with Crippen LogP contribution in [0.2, 0.25) is 0 Å². The van der Waals surface area contributed by atoms with Gasteiger partial charge in [0.1, 0.15) is 5.60 Å². The summed E-state index contributed by atoms with van der Waals surface area (Å²) in [5.41, 5.74) is 2.59. The van der Waals surface area contributed by atoms with Crippen molar-refractivity contribution in [3.05, 3.63) is 65.2 Å². The first-order valence-electron chi connectivity index (χ1n) is 8.06. The summed E-state index contributed by atoms with van der Waals surface area (Å²) in [7, 11) is 0. The molecule has 1 unspecified atom stereocenters. The number of nitrogens with one attached hydrogen (secondary N) is 1. The van der Waals surface area contributed by atoms with Gasteiger partial charge in [0.25, 0.3) is 5.91 Å². The molecule has 0 radical (unpaired) electrons. The second-order valence-corrected chi connectivity index (χ2v) is 6.97. The highest BCUT2D eigenvalue weighted by molar-refractivity contribution is 6.07. The fourth-order valence-electron chi connectivity index (χ4n) is 3.05. The van der Waals surface area contributed by atoms with E-state index >= 15 is 0 Å². The molecule has 0 aromatic heterocycles. The van der Waals surface area contributed by atoms with Gasteiger partial charge < -0.3 is 10.1 Å². The highest BCUT2D eigenvalue weighted by Gasteiger charge is 2.30. The molecule has 124 valence electrons. The van der Waals surface area contributed by atoms with Crippen molar-refractivity contribution < 1.29 is 14.3 Å². The molecule has 1 amide bonds. The summed E-state index contributed by atoms with van der Waals surface area (Å²) in [4.78, 5) is 24.9. The van der Waals surface area contributed by atoms with Crippen LogP contribution >= 0.6 is 0 Å². The Morgan fingerprint density at radius 1 is 1.04 bits per heavy atom. The predicted molar refractivity (Wildman–Crippen MR) is 93.1 cm³/mol. The van der Waals surface area contributed by atoms with Crippen molar-refractivity contribution in [1.29, 1.82) is 0 Å². The van der Waals surface area contributed by atoms with Crippen LogP contribution in [0.4, 0.5) is 5.69 Å². The van der Waals surface area contributed by atoms with Gasteiger partial charge in [-0.3, -0.25) is 9.59 Å². The smallest absolute Gasteiger partial charge is 0.307 e. The van der Waals surface area contributed by atoms with E-state index in [-0.39, 0.29) is 24.2 Å². The lowest BCUT2D eigenvalue weighted by Gasteiger charge is -2.23. The average Bonchev–Trinajstić information content (AvgIpc) is 2.62. The number of carbonyl (C=O) groups excluding carboxylic acids is 2. The normalized spacial score (nSPS) is 16.5. The molecule has 1 atom stereocenters. The molecule has 0 aliphatic carbocycles. The highest BCUT2D eigenvalue weighted by atomic mass is 16.6. The fourth-order valence-corrected chi connectivity index (χ4v) is 3.05. The Bertz CT molecular complexity index is 789. The summed E-state index contributed by atoms with van der Waals surface area (Å²) < 4.78 is 5.49. The summed E-state index contributed by atoms with van der Waals surface area (Å²) in [6.45, 7) is 5.56. The van der Waals surface area contributed by atoms with Crippen molar-refractivity contribution in [2.45, 2.75) is 38.7 Å². The van der Waals surface area contributed by atoms with Crippen molar-refractivity contribution in [2.24, 2.45) is 0 Å². The summed E-state index contributed by atoms with van der Waals surface area (Å²) in [5.74, 6) is -0.637. The van der Waals surface area contributed by atoms with Gasteiger partial charge in [0.05, 0.1) is 6.42 Å². The van der Waals surface area contributed by atoms with E-state index in [0.717, 1.165) is 16.8 Å². The van der Waals surface area contributed by atoms with Crippen molar-refractivity contribution in [3.8, 4) is 0 Å². The van der Waals surface area contributed by atoms with Crippen molar-refractivity contribution >= 4 is 17.6 Å². The number of benzene rings is 2. The molecule has 3 rings (SSSR count). The number of anilines is 1. The Hall–Kier alpha value is -2.62. The van der Waals surface area contributed by atoms with Gasteiger partial charge in [-0.05, 0) is 44.0 Å². The zero-order chi connectivity index (χ0) is 17.3. The molecule has 2 aromatic rings. The third-order valence-electron chi connectivity index (χ3n) is 3.96. The molecule has 4 nitrogen and oxygen atoms in total. The molecular weight excluding hydrogens is 302 g/mol. The van der Waals surface area contributed by atoms with E-state index in [1.807, 2.05) is 63.2 Å². The minimum Gasteiger partial charge on any atom is -0.460 e. The van der Waals surface area contributed by atoms with Crippen LogP contribution in [-0.2, 0) is 9.53 Å². The van der Waals surface area contributed by atoms with Gasteiger partial charge in [0, 0.05) is 17.2 Å². The van der Waals surface area contributed by atoms with Crippen LogP contribution in [0.15, 0.2) is 48.5 Å². The molecule has 0 bridgehead atoms. The Morgan fingerprint density at radius 3 is 2.38 bits per heavy atom. The molecule has 1 aliphatic rings. The molecule has 1 aliphatic heterocycles. The standard InChI is InChI=1S/C20H21NO3/c1-20(2,3)24-18(22)12-16-13-8-4-5-10-15(13)19(23)21-17-11-7-6-9-14(16)17/h4-11,16H,12H2,1-3H3,(H,21,23). The number of esters is 1. The zero-order valence-electron chi connectivity index (χ0n) is 14.1. The van der Waals surface area contributed by atoms with Gasteiger partial charge in [-0.15, -0.1) is 0 Å². The van der Waals surface area contributed by atoms with Gasteiger partial charge >= 0.3 is 5.97 Å². The van der Waals surface area contributed by atoms with E-state index < -0.39 is 5.60 Å². The lowest BCUT2D eigenvalue weighted by Crippen LogP contribution is -2.25. The van der Waals surface area contributed by atoms with E-state index in [2.05, 4.69) is 5.32 Å². The van der Waals surface area contributed by atoms with Crippen molar-refractivity contribution in [2.75, 3.05) is 5.32 Å². The van der Waals surface area contributed by atoms with E-state index in [4.69, 9.17) is 4.74 Å². The van der Waals surface area contributed by atoms with E-state index in [0.29, 0.717) is 5.56 Å². The minimum absolute atomic E-state index is 0.148. The third-order valence-corrected chi connectivity index (χ3v) is 3.96. The number of hydrogen-bond donors (Lipinski definition) is 1. The lowest BCUT2D eigenvalue weighted by atomic mass is 9.86. The quantitative estimate of drug-likeness (QED) is 0.846. The molecule has 0 fully saturated rings. The zero-order valence-corrected chi connectivity index (χ0v) is 14.1. The highest BCUT2D eigenvalue weighted by Crippen LogP contribution is 2.38. The topological polar surface area (TPSA) is 55.4 Å². The maximum atomic E-state index is 12.5. The molecule has 0 spiro atoms. The first kappa shape index (κ1) is 16.2. The largest absolute Gasteiger partial charge is 0.460 e. The number of rotatable bonds is 2. The Labute approximate surface area is 141 Å². The fraction of sp³-hybridized carbons (Fsp3) is 0.300. The van der Waals surface area contributed by atoms with Gasteiger partial charge in [-0.1, -0.05) is 36.4 Å². The summed E-state index contributed by atoms with van der Waals surface area (Å²) in [5, 5.41) is 2.94. The number of para-hydroxylation sites is 1. The van der Waals surface area contributed by atoms with E-state index in [1.54, 1.807) is 6.07 Å². The van der Waals surface area contributed by atoms with Gasteiger partial charge in [-0.2, -0.15) is 0 Å². The maximum Gasteiger partial charge on any atom is 0.307 e. The number of amides is 1. The van der Waals surface area contributed by atoms with Crippen LogP contribution in [0.3, 0.4) is 0 Å². The number of hydrogen-bond acceptors (Lipinski definition) is 3. The predicted octanol–water partition coefficient (Wildman–Crippen LogP) is 4.12. The van der Waals surface area contributed by atoms with Crippen LogP contribution in [-0.4, -0.2) is 17.5 Å². The minimum atomic E-state index is -0.533. The van der Waals surface area contributed by atoms with Crippen molar-refractivity contribution in [3.63, 3.8) is 0 Å². The molecule has 1 N–H and O–H groups in total. The second kappa shape index (κ2) is 6.11. The summed E-state index contributed by atoms with van der Waals surface area (Å²) in [6, 6.07) is 15.0. The van der Waals surface area contributed by atoms with Crippen LogP contribution < -0.4 is 5.32 Å². The third kappa shape index (κ3) is 3.32. The Kier molecular flexibility index (Phi) is 4.14. The molecule has 0 saturated heterocycles. The van der Waals surface area contributed by atoms with Gasteiger partial charge in [0.2, 0.25) is 0 Å². The Balaban J connectivity index is 2.05. The van der Waals surface area contributed by atoms with Crippen LogP contribution in [0, 0.1) is 0 Å². The number of ether oxygens (including phenoxy) is 1. The van der Waals surface area contributed by atoms with Crippen LogP contribution in [0.25, 0.3) is 0 Å². The van der Waals surface area contributed by atoms with E-state index in [9.17, 15) is 9.59 Å². The first-order valence-corrected chi connectivity index (χ1v) is 8.06. The molecule has 24 heavy (non-hydrogen) atoms. The van der Waals surface area contributed by atoms with Crippen LogP contribution in [0.5, 0.6) is 0 Å². The second-order valence-electron chi connectivity index (χ2n) is 6.97. The maximum absolute atomic E-state index is 12.5. The average molecular weight is 323 g/mol. The SMILES string of the molecule is CC(C)(C)OC(=O)CC1c2ccccc2NC(=O)c2ccccc21. The number of fused-ring (bicyclic) bond motifs is 2. The first-order chi connectivity index (χ1) is 11.3. The molecular formula is C20H21NO3. The number of carbonyl (C=O) groups is 2. The van der Waals surface area contributed by atoms with E-state index in [1.165, 1.54) is 0 Å². The lowest BCUT2D eigenvalue weighted by molar-refractivity contribution is -0.155. The molecule has 0 saturated carbocycles. The van der Waals surface area contributed by atoms with Crippen molar-refractivity contribution in [1.82, 2.24) is 0 Å². The summed E-state index contributed by atoms with van der Waals surface area (Å²) >= 11 is 0. The molecule has 2 aromatic carbocycles. The van der Waals surface area contributed by atoms with Gasteiger partial charge in [-0.25, -0.2) is 0 Å². The molecule has 1 heterocycles. The van der Waals surface area contributed by atoms with Crippen LogP contribution in [0.1, 0.15) is 54.6 Å².